The van der Waals surface area contributed by atoms with Gasteiger partial charge < -0.3 is 0 Å². The van der Waals surface area contributed by atoms with Crippen LogP contribution in [0.2, 0.25) is 0 Å². The third-order valence-electron chi connectivity index (χ3n) is 3.43. The van der Waals surface area contributed by atoms with Crippen LogP contribution in [0.4, 0.5) is 0 Å². The summed E-state index contributed by atoms with van der Waals surface area (Å²) in [5.41, 5.74) is 0. The molecule has 2 heteroatoms. The fraction of sp³-hybridized carbons (Fsp3) is 0.818. The van der Waals surface area contributed by atoms with E-state index < -0.39 is 0 Å². The van der Waals surface area contributed by atoms with Crippen LogP contribution in [-0.4, -0.2) is 11.6 Å². The van der Waals surface area contributed by atoms with Crippen molar-refractivity contribution in [2.75, 3.05) is 0 Å². The molecule has 13 heavy (non-hydrogen) atoms. The second kappa shape index (κ2) is 3.60. The fourth-order valence-electron chi connectivity index (χ4n) is 2.62. The zero-order valence-corrected chi connectivity index (χ0v) is 7.92. The number of carbonyl (C=O) groups is 2. The van der Waals surface area contributed by atoms with Gasteiger partial charge in [0, 0.05) is 24.7 Å². The van der Waals surface area contributed by atoms with E-state index in [9.17, 15) is 9.59 Å². The molecule has 2 saturated carbocycles. The van der Waals surface area contributed by atoms with Crippen LogP contribution in [-0.2, 0) is 9.59 Å². The highest BCUT2D eigenvalue weighted by Crippen LogP contribution is 2.33. The maximum absolute atomic E-state index is 11.4. The summed E-state index contributed by atoms with van der Waals surface area (Å²) in [6, 6.07) is 0. The number of rotatable bonds is 2. The summed E-state index contributed by atoms with van der Waals surface area (Å²) in [7, 11) is 0. The molecule has 0 heterocycles. The molecule has 72 valence electrons. The molecule has 0 aromatic carbocycles. The summed E-state index contributed by atoms with van der Waals surface area (Å²) >= 11 is 0. The summed E-state index contributed by atoms with van der Waals surface area (Å²) in [5, 5.41) is 0. The van der Waals surface area contributed by atoms with Gasteiger partial charge in [0.1, 0.15) is 11.6 Å². The average molecular weight is 180 g/mol. The monoisotopic (exact) mass is 180 g/mol. The minimum atomic E-state index is 0.229. The Morgan fingerprint density at radius 1 is 0.923 bits per heavy atom. The molecule has 0 unspecified atom stereocenters. The molecule has 2 aliphatic carbocycles. The molecule has 0 amide bonds. The van der Waals surface area contributed by atoms with Gasteiger partial charge in [0.05, 0.1) is 0 Å². The van der Waals surface area contributed by atoms with Crippen molar-refractivity contribution in [1.82, 2.24) is 0 Å². The average Bonchev–Trinajstić information content (AvgIpc) is 2.65. The van der Waals surface area contributed by atoms with Gasteiger partial charge in [0.2, 0.25) is 0 Å². The molecule has 0 bridgehead atoms. The van der Waals surface area contributed by atoms with Crippen LogP contribution in [0, 0.1) is 11.8 Å². The van der Waals surface area contributed by atoms with Gasteiger partial charge in [0.15, 0.2) is 0 Å². The molecule has 0 radical (unpaired) electrons. The Morgan fingerprint density at radius 3 is 1.69 bits per heavy atom. The van der Waals surface area contributed by atoms with Gasteiger partial charge in [-0.3, -0.25) is 9.59 Å². The molecule has 2 fully saturated rings. The SMILES string of the molecule is O=C1CCC[C@@H]1C[C@H]1CCCC1=O. The third-order valence-corrected chi connectivity index (χ3v) is 3.43. The Labute approximate surface area is 78.7 Å². The van der Waals surface area contributed by atoms with Gasteiger partial charge in [-0.25, -0.2) is 0 Å². The van der Waals surface area contributed by atoms with Gasteiger partial charge >= 0.3 is 0 Å². The molecule has 2 rings (SSSR count). The minimum absolute atomic E-state index is 0.229. The van der Waals surface area contributed by atoms with E-state index in [2.05, 4.69) is 0 Å². The first kappa shape index (κ1) is 8.92. The molecular formula is C11H16O2. The standard InChI is InChI=1S/C11H16O2/c12-10-5-1-3-8(10)7-9-4-2-6-11(9)13/h8-9H,1-7H2/t8-,9-/m1/s1. The van der Waals surface area contributed by atoms with Crippen LogP contribution in [0.5, 0.6) is 0 Å². The Balaban J connectivity index is 1.89. The van der Waals surface area contributed by atoms with E-state index >= 15 is 0 Å². The van der Waals surface area contributed by atoms with Gasteiger partial charge in [-0.2, -0.15) is 0 Å². The normalized spacial score (nSPS) is 34.5. The van der Waals surface area contributed by atoms with Crippen LogP contribution in [0.3, 0.4) is 0 Å². The lowest BCUT2D eigenvalue weighted by atomic mass is 9.91. The van der Waals surface area contributed by atoms with Crippen molar-refractivity contribution < 1.29 is 9.59 Å². The highest BCUT2D eigenvalue weighted by Gasteiger charge is 2.32. The third kappa shape index (κ3) is 1.82. The predicted octanol–water partition coefficient (Wildman–Crippen LogP) is 2.11. The van der Waals surface area contributed by atoms with E-state index in [0.29, 0.717) is 11.6 Å². The quantitative estimate of drug-likeness (QED) is 0.652. The summed E-state index contributed by atoms with van der Waals surface area (Å²) < 4.78 is 0. The van der Waals surface area contributed by atoms with E-state index in [1.54, 1.807) is 0 Å². The first-order valence-corrected chi connectivity index (χ1v) is 5.33. The lowest BCUT2D eigenvalue weighted by molar-refractivity contribution is -0.123. The number of Topliss-reactive ketones (excluding diaryl/α,β-unsaturated/α-hetero) is 2. The fourth-order valence-corrected chi connectivity index (χ4v) is 2.62. The van der Waals surface area contributed by atoms with Gasteiger partial charge in [-0.15, -0.1) is 0 Å². The van der Waals surface area contributed by atoms with Gasteiger partial charge in [-0.1, -0.05) is 0 Å². The van der Waals surface area contributed by atoms with Crippen molar-refractivity contribution >= 4 is 11.6 Å². The number of hydrogen-bond donors (Lipinski definition) is 0. The lowest BCUT2D eigenvalue weighted by Crippen LogP contribution is -2.15. The second-order valence-corrected chi connectivity index (χ2v) is 4.35. The van der Waals surface area contributed by atoms with Crippen molar-refractivity contribution in [3.8, 4) is 0 Å². The number of carbonyl (C=O) groups excluding carboxylic acids is 2. The largest absolute Gasteiger partial charge is 0.299 e. The molecule has 0 aromatic heterocycles. The highest BCUT2D eigenvalue weighted by atomic mass is 16.1. The summed E-state index contributed by atoms with van der Waals surface area (Å²) in [4.78, 5) is 22.7. The van der Waals surface area contributed by atoms with E-state index in [1.165, 1.54) is 0 Å². The van der Waals surface area contributed by atoms with Crippen LogP contribution >= 0.6 is 0 Å². The molecule has 0 aliphatic heterocycles. The smallest absolute Gasteiger partial charge is 0.136 e. The second-order valence-electron chi connectivity index (χ2n) is 4.35. The highest BCUT2D eigenvalue weighted by molar-refractivity contribution is 5.86. The molecule has 0 N–H and O–H groups in total. The van der Waals surface area contributed by atoms with E-state index in [1.807, 2.05) is 0 Å². The molecule has 2 nitrogen and oxygen atoms in total. The van der Waals surface area contributed by atoms with Crippen molar-refractivity contribution in [3.63, 3.8) is 0 Å². The minimum Gasteiger partial charge on any atom is -0.299 e. The maximum Gasteiger partial charge on any atom is 0.136 e. The Kier molecular flexibility index (Phi) is 2.47. The molecular weight excluding hydrogens is 164 g/mol. The maximum atomic E-state index is 11.4. The molecule has 0 spiro atoms. The van der Waals surface area contributed by atoms with Crippen LogP contribution in [0.1, 0.15) is 44.9 Å². The number of hydrogen-bond acceptors (Lipinski definition) is 2. The predicted molar refractivity (Wildman–Crippen MR) is 49.3 cm³/mol. The van der Waals surface area contributed by atoms with E-state index in [4.69, 9.17) is 0 Å². The molecule has 2 aliphatic rings. The zero-order chi connectivity index (χ0) is 9.26. The van der Waals surface area contributed by atoms with Crippen LogP contribution in [0.25, 0.3) is 0 Å². The Hall–Kier alpha value is -0.660. The van der Waals surface area contributed by atoms with E-state index in [-0.39, 0.29) is 11.8 Å². The molecule has 2 atom stereocenters. The van der Waals surface area contributed by atoms with Crippen LogP contribution in [0.15, 0.2) is 0 Å². The first-order valence-electron chi connectivity index (χ1n) is 5.33. The van der Waals surface area contributed by atoms with Crippen molar-refractivity contribution in [3.05, 3.63) is 0 Å². The number of ketones is 2. The van der Waals surface area contributed by atoms with Crippen molar-refractivity contribution in [2.45, 2.75) is 44.9 Å². The Morgan fingerprint density at radius 2 is 1.38 bits per heavy atom. The van der Waals surface area contributed by atoms with Crippen LogP contribution < -0.4 is 0 Å². The van der Waals surface area contributed by atoms with Crippen molar-refractivity contribution in [2.24, 2.45) is 11.8 Å². The summed E-state index contributed by atoms with van der Waals surface area (Å²) in [5.74, 6) is 1.26. The Bertz CT molecular complexity index is 208. The molecule has 0 aromatic rings. The van der Waals surface area contributed by atoms with Crippen molar-refractivity contribution in [1.29, 1.82) is 0 Å². The first-order chi connectivity index (χ1) is 6.27. The lowest BCUT2D eigenvalue weighted by Gasteiger charge is -2.12. The topological polar surface area (TPSA) is 34.1 Å². The van der Waals surface area contributed by atoms with Gasteiger partial charge in [0.25, 0.3) is 0 Å². The molecule has 0 saturated heterocycles. The van der Waals surface area contributed by atoms with E-state index in [0.717, 1.165) is 44.9 Å². The summed E-state index contributed by atoms with van der Waals surface area (Å²) in [6.07, 6.45) is 6.52. The summed E-state index contributed by atoms with van der Waals surface area (Å²) in [6.45, 7) is 0. The van der Waals surface area contributed by atoms with Gasteiger partial charge in [-0.05, 0) is 32.1 Å². The zero-order valence-electron chi connectivity index (χ0n) is 7.92.